The van der Waals surface area contributed by atoms with Crippen molar-refractivity contribution in [2.24, 2.45) is 0 Å². The van der Waals surface area contributed by atoms with E-state index in [4.69, 9.17) is 14.2 Å². The fourth-order valence-electron chi connectivity index (χ4n) is 3.46. The summed E-state index contributed by atoms with van der Waals surface area (Å²) in [6.45, 7) is 0.572. The minimum atomic E-state index is -1.38. The zero-order chi connectivity index (χ0) is 26.3. The van der Waals surface area contributed by atoms with Crippen LogP contribution in [0.2, 0.25) is 0 Å². The molecule has 192 valence electrons. The summed E-state index contributed by atoms with van der Waals surface area (Å²) >= 11 is 0. The summed E-state index contributed by atoms with van der Waals surface area (Å²) < 4.78 is 20.2. The number of benzene rings is 1. The van der Waals surface area contributed by atoms with E-state index in [1.165, 1.54) is 40.4 Å². The van der Waals surface area contributed by atoms with Crippen molar-refractivity contribution in [3.63, 3.8) is 0 Å². The minimum absolute atomic E-state index is 0.0322. The van der Waals surface area contributed by atoms with Gasteiger partial charge in [0, 0.05) is 12.0 Å². The second-order valence-electron chi connectivity index (χ2n) is 7.61. The topological polar surface area (TPSA) is 170 Å². The minimum Gasteiger partial charge on any atom is -0.493 e. The largest absolute Gasteiger partial charge is 0.493 e. The molecule has 0 saturated carbocycles. The lowest BCUT2D eigenvalue weighted by molar-refractivity contribution is -0.153. The molecule has 1 heterocycles. The van der Waals surface area contributed by atoms with Crippen LogP contribution >= 0.6 is 0 Å². The third-order valence-corrected chi connectivity index (χ3v) is 5.30. The van der Waals surface area contributed by atoms with E-state index >= 15 is 0 Å². The number of methoxy groups -OCH3 is 4. The monoisotopic (exact) mass is 495 g/mol. The second-order valence-corrected chi connectivity index (χ2v) is 7.61. The first-order chi connectivity index (χ1) is 16.6. The van der Waals surface area contributed by atoms with Crippen molar-refractivity contribution in [1.29, 1.82) is 0 Å². The summed E-state index contributed by atoms with van der Waals surface area (Å²) in [5.41, 5.74) is 0.117. The first-order valence-corrected chi connectivity index (χ1v) is 10.6. The van der Waals surface area contributed by atoms with Crippen molar-refractivity contribution >= 4 is 29.6 Å². The zero-order valence-corrected chi connectivity index (χ0v) is 20.1. The fourth-order valence-corrected chi connectivity index (χ4v) is 3.46. The van der Waals surface area contributed by atoms with Gasteiger partial charge in [-0.2, -0.15) is 0 Å². The van der Waals surface area contributed by atoms with E-state index < -0.39 is 54.3 Å². The molecule has 2 rings (SSSR count). The summed E-state index contributed by atoms with van der Waals surface area (Å²) in [7, 11) is 5.28. The quantitative estimate of drug-likeness (QED) is 0.270. The molecule has 35 heavy (non-hydrogen) atoms. The van der Waals surface area contributed by atoms with Crippen molar-refractivity contribution in [3.05, 3.63) is 17.7 Å². The number of imide groups is 1. The van der Waals surface area contributed by atoms with Crippen LogP contribution in [0.3, 0.4) is 0 Å². The number of rotatable bonds is 10. The highest BCUT2D eigenvalue weighted by Crippen LogP contribution is 2.38. The average Bonchev–Trinajstić information content (AvgIpc) is 2.84. The molecule has 1 aliphatic heterocycles. The van der Waals surface area contributed by atoms with Gasteiger partial charge in [0.25, 0.3) is 11.8 Å². The maximum absolute atomic E-state index is 12.9. The Bertz CT molecular complexity index is 969. The molecular formula is C22H29N3O10. The van der Waals surface area contributed by atoms with Gasteiger partial charge >= 0.3 is 5.97 Å². The molecule has 3 atom stereocenters. The molecule has 13 heteroatoms. The molecule has 0 radical (unpaired) electrons. The number of hydrogen-bond acceptors (Lipinski definition) is 10. The maximum Gasteiger partial charge on any atom is 0.331 e. The molecule has 0 aromatic heterocycles. The van der Waals surface area contributed by atoms with Crippen LogP contribution in [0.5, 0.6) is 17.2 Å². The van der Waals surface area contributed by atoms with Crippen molar-refractivity contribution < 1.29 is 48.0 Å². The Hall–Kier alpha value is -3.87. The van der Waals surface area contributed by atoms with E-state index in [2.05, 4.69) is 15.4 Å². The lowest BCUT2D eigenvalue weighted by Crippen LogP contribution is -2.58. The molecular weight excluding hydrogens is 466 g/mol. The predicted octanol–water partition coefficient (Wildman–Crippen LogP) is -1.00. The molecule has 13 nitrogen and oxygen atoms in total. The highest BCUT2D eigenvalue weighted by molar-refractivity contribution is 6.06. The number of piperidine rings is 1. The smallest absolute Gasteiger partial charge is 0.331 e. The van der Waals surface area contributed by atoms with Gasteiger partial charge in [-0.15, -0.1) is 0 Å². The molecule has 1 aliphatic rings. The van der Waals surface area contributed by atoms with Gasteiger partial charge in [-0.3, -0.25) is 24.1 Å². The molecule has 0 bridgehead atoms. The Morgan fingerprint density at radius 1 is 1.09 bits per heavy atom. The summed E-state index contributed by atoms with van der Waals surface area (Å²) in [4.78, 5) is 62.9. The highest BCUT2D eigenvalue weighted by atomic mass is 16.5. The number of carbonyl (C=O) groups is 5. The SMILES string of the molecule is COC(=O)[C@@H](NC(=O)CN1C(=O)CC[C@H](NC(=O)c2cc(OC)c(OC)c(OC)c2)C1=O)[C@@H](C)O. The molecule has 1 fully saturated rings. The van der Waals surface area contributed by atoms with Crippen molar-refractivity contribution in [2.75, 3.05) is 35.0 Å². The normalized spacial score (nSPS) is 17.2. The van der Waals surface area contributed by atoms with E-state index in [0.717, 1.165) is 7.11 Å². The Labute approximate surface area is 201 Å². The number of esters is 1. The average molecular weight is 495 g/mol. The van der Waals surface area contributed by atoms with Crippen LogP contribution in [-0.4, -0.2) is 92.8 Å². The third kappa shape index (κ3) is 6.38. The fraction of sp³-hybridized carbons (Fsp3) is 0.500. The zero-order valence-electron chi connectivity index (χ0n) is 20.1. The predicted molar refractivity (Wildman–Crippen MR) is 119 cm³/mol. The number of hydrogen-bond donors (Lipinski definition) is 3. The van der Waals surface area contributed by atoms with Crippen LogP contribution in [0.4, 0.5) is 0 Å². The Kier molecular flexibility index (Phi) is 9.40. The van der Waals surface area contributed by atoms with Crippen molar-refractivity contribution in [2.45, 2.75) is 38.0 Å². The number of amides is 4. The van der Waals surface area contributed by atoms with Gasteiger partial charge in [0.15, 0.2) is 17.5 Å². The molecule has 0 unspecified atom stereocenters. The standard InChI is InChI=1S/C22H29N3O10/c1-11(26)18(22(31)35-5)24-16(27)10-25-17(28)7-6-13(21(25)30)23-20(29)12-8-14(32-2)19(34-4)15(9-12)33-3/h8-9,11,13,18,26H,6-7,10H2,1-5H3,(H,23,29)(H,24,27)/t11-,13+,18+/m1/s1. The lowest BCUT2D eigenvalue weighted by Gasteiger charge is -2.31. The lowest BCUT2D eigenvalue weighted by atomic mass is 10.0. The van der Waals surface area contributed by atoms with E-state index in [-0.39, 0.29) is 35.7 Å². The van der Waals surface area contributed by atoms with Crippen LogP contribution in [0.15, 0.2) is 12.1 Å². The third-order valence-electron chi connectivity index (χ3n) is 5.30. The number of carbonyl (C=O) groups excluding carboxylic acids is 5. The Balaban J connectivity index is 2.15. The van der Waals surface area contributed by atoms with Gasteiger partial charge in [0.1, 0.15) is 12.6 Å². The Morgan fingerprint density at radius 2 is 1.69 bits per heavy atom. The summed E-state index contributed by atoms with van der Waals surface area (Å²) in [5, 5.41) is 14.5. The van der Waals surface area contributed by atoms with Gasteiger partial charge < -0.3 is 34.7 Å². The van der Waals surface area contributed by atoms with E-state index in [9.17, 15) is 29.1 Å². The molecule has 4 amide bonds. The molecule has 1 aromatic carbocycles. The Morgan fingerprint density at radius 3 is 2.17 bits per heavy atom. The van der Waals surface area contributed by atoms with E-state index in [1.807, 2.05) is 0 Å². The van der Waals surface area contributed by atoms with Crippen molar-refractivity contribution in [3.8, 4) is 17.2 Å². The second kappa shape index (κ2) is 12.0. The summed E-state index contributed by atoms with van der Waals surface area (Å²) in [6.07, 6.45) is -1.34. The number of likely N-dealkylation sites (tertiary alicyclic amines) is 1. The first kappa shape index (κ1) is 27.4. The molecule has 0 spiro atoms. The molecule has 1 saturated heterocycles. The first-order valence-electron chi connectivity index (χ1n) is 10.6. The molecule has 0 aliphatic carbocycles. The van der Waals surface area contributed by atoms with Gasteiger partial charge in [0.05, 0.1) is 34.5 Å². The number of aliphatic hydroxyl groups excluding tert-OH is 1. The van der Waals surface area contributed by atoms with Crippen LogP contribution in [0.1, 0.15) is 30.1 Å². The van der Waals surface area contributed by atoms with Gasteiger partial charge in [0.2, 0.25) is 17.6 Å². The number of nitrogens with zero attached hydrogens (tertiary/aromatic N) is 1. The summed E-state index contributed by atoms with van der Waals surface area (Å²) in [5.74, 6) is -3.04. The van der Waals surface area contributed by atoms with Crippen LogP contribution < -0.4 is 24.8 Å². The van der Waals surface area contributed by atoms with Crippen LogP contribution in [-0.2, 0) is 23.9 Å². The molecule has 1 aromatic rings. The van der Waals surface area contributed by atoms with Gasteiger partial charge in [-0.1, -0.05) is 0 Å². The summed E-state index contributed by atoms with van der Waals surface area (Å²) in [6, 6.07) is 0.352. The van der Waals surface area contributed by atoms with Crippen LogP contribution in [0, 0.1) is 0 Å². The van der Waals surface area contributed by atoms with Gasteiger partial charge in [-0.25, -0.2) is 4.79 Å². The van der Waals surface area contributed by atoms with Crippen LogP contribution in [0.25, 0.3) is 0 Å². The van der Waals surface area contributed by atoms with Crippen molar-refractivity contribution in [1.82, 2.24) is 15.5 Å². The van der Waals surface area contributed by atoms with E-state index in [1.54, 1.807) is 0 Å². The van der Waals surface area contributed by atoms with Gasteiger partial charge in [-0.05, 0) is 25.5 Å². The maximum atomic E-state index is 12.9. The number of aliphatic hydroxyl groups is 1. The molecule has 3 N–H and O–H groups in total. The van der Waals surface area contributed by atoms with E-state index in [0.29, 0.717) is 4.90 Å². The highest BCUT2D eigenvalue weighted by Gasteiger charge is 2.37. The number of ether oxygens (including phenoxy) is 4. The number of nitrogens with one attached hydrogen (secondary N) is 2.